The molecule has 0 bridgehead atoms. The summed E-state index contributed by atoms with van der Waals surface area (Å²) in [4.78, 5) is 13.6. The fourth-order valence-electron chi connectivity index (χ4n) is 2.22. The molecular weight excluding hydrogens is 360 g/mol. The maximum absolute atomic E-state index is 12.9. The lowest BCUT2D eigenvalue weighted by molar-refractivity contribution is -0.137. The van der Waals surface area contributed by atoms with Gasteiger partial charge in [-0.3, -0.25) is 9.69 Å². The molecule has 2 aromatic rings. The average Bonchev–Trinajstić information content (AvgIpc) is 2.50. The van der Waals surface area contributed by atoms with Gasteiger partial charge < -0.3 is 5.32 Å². The van der Waals surface area contributed by atoms with Crippen LogP contribution in [-0.4, -0.2) is 24.4 Å². The molecule has 0 unspecified atom stereocenters. The lowest BCUT2D eigenvalue weighted by Crippen LogP contribution is -2.29. The first kappa shape index (κ1) is 19.2. The van der Waals surface area contributed by atoms with Crippen LogP contribution < -0.4 is 5.32 Å². The summed E-state index contributed by atoms with van der Waals surface area (Å²) in [6, 6.07) is 9.00. The Balaban J connectivity index is 1.96. The van der Waals surface area contributed by atoms with Gasteiger partial charge in [0.05, 0.1) is 17.1 Å². The zero-order valence-corrected chi connectivity index (χ0v) is 14.0. The Hall–Kier alpha value is -2.12. The molecule has 0 heterocycles. The van der Waals surface area contributed by atoms with Crippen molar-refractivity contribution in [3.63, 3.8) is 0 Å². The van der Waals surface area contributed by atoms with E-state index in [9.17, 15) is 22.4 Å². The first-order valence-electron chi connectivity index (χ1n) is 7.25. The number of amides is 1. The summed E-state index contributed by atoms with van der Waals surface area (Å²) in [6.45, 7) is 0.351. The second-order valence-electron chi connectivity index (χ2n) is 5.54. The minimum atomic E-state index is -4.60. The molecule has 0 saturated heterocycles. The van der Waals surface area contributed by atoms with Gasteiger partial charge in [-0.25, -0.2) is 4.39 Å². The van der Waals surface area contributed by atoms with Crippen LogP contribution in [0.5, 0.6) is 0 Å². The Morgan fingerprint density at radius 3 is 2.40 bits per heavy atom. The molecule has 0 aliphatic heterocycles. The van der Waals surface area contributed by atoms with Crippen LogP contribution >= 0.6 is 11.6 Å². The Bertz CT molecular complexity index is 747. The first-order chi connectivity index (χ1) is 11.6. The van der Waals surface area contributed by atoms with Gasteiger partial charge in [-0.05, 0) is 42.9 Å². The maximum atomic E-state index is 12.9. The van der Waals surface area contributed by atoms with Crippen LogP contribution in [0.15, 0.2) is 42.5 Å². The highest BCUT2D eigenvalue weighted by atomic mass is 35.5. The number of nitrogens with one attached hydrogen (secondary N) is 1. The van der Waals surface area contributed by atoms with E-state index >= 15 is 0 Å². The molecule has 134 valence electrons. The molecule has 1 amide bonds. The van der Waals surface area contributed by atoms with Gasteiger partial charge in [0.15, 0.2) is 0 Å². The molecule has 0 aliphatic carbocycles. The number of alkyl halides is 3. The fourth-order valence-corrected chi connectivity index (χ4v) is 2.45. The quantitative estimate of drug-likeness (QED) is 0.778. The summed E-state index contributed by atoms with van der Waals surface area (Å²) < 4.78 is 51.3. The molecule has 0 aromatic heterocycles. The lowest BCUT2D eigenvalue weighted by Gasteiger charge is -2.17. The second kappa shape index (κ2) is 7.84. The minimum Gasteiger partial charge on any atom is -0.325 e. The van der Waals surface area contributed by atoms with E-state index in [0.29, 0.717) is 6.54 Å². The van der Waals surface area contributed by atoms with Gasteiger partial charge in [-0.2, -0.15) is 13.2 Å². The zero-order valence-electron chi connectivity index (χ0n) is 13.2. The van der Waals surface area contributed by atoms with E-state index < -0.39 is 22.7 Å². The van der Waals surface area contributed by atoms with Crippen molar-refractivity contribution in [2.45, 2.75) is 12.7 Å². The van der Waals surface area contributed by atoms with Gasteiger partial charge in [0.2, 0.25) is 5.91 Å². The summed E-state index contributed by atoms with van der Waals surface area (Å²) in [6.07, 6.45) is -4.60. The summed E-state index contributed by atoms with van der Waals surface area (Å²) in [5.74, 6) is -0.826. The lowest BCUT2D eigenvalue weighted by atomic mass is 10.2. The number of hydrogen-bond donors (Lipinski definition) is 1. The summed E-state index contributed by atoms with van der Waals surface area (Å²) in [5.41, 5.74) is -0.189. The average molecular weight is 375 g/mol. The molecule has 0 radical (unpaired) electrons. The number of hydrogen-bond acceptors (Lipinski definition) is 2. The number of halogens is 5. The maximum Gasteiger partial charge on any atom is 0.417 e. The van der Waals surface area contributed by atoms with Crippen molar-refractivity contribution in [2.75, 3.05) is 18.9 Å². The number of likely N-dealkylation sites (N-methyl/N-ethyl adjacent to an activating group) is 1. The van der Waals surface area contributed by atoms with E-state index in [2.05, 4.69) is 5.32 Å². The van der Waals surface area contributed by atoms with Gasteiger partial charge in [0.25, 0.3) is 0 Å². The number of carbonyl (C=O) groups is 1. The number of nitrogens with zero attached hydrogens (tertiary/aromatic N) is 1. The molecule has 0 spiro atoms. The van der Waals surface area contributed by atoms with Crippen LogP contribution in [0.1, 0.15) is 11.1 Å². The second-order valence-corrected chi connectivity index (χ2v) is 5.95. The third-order valence-electron chi connectivity index (χ3n) is 3.33. The van der Waals surface area contributed by atoms with Crippen molar-refractivity contribution in [3.05, 3.63) is 64.4 Å². The van der Waals surface area contributed by atoms with Crippen molar-refractivity contribution in [1.29, 1.82) is 0 Å². The predicted octanol–water partition coefficient (Wildman–Crippen LogP) is 4.57. The van der Waals surface area contributed by atoms with Crippen LogP contribution in [0.25, 0.3) is 0 Å². The van der Waals surface area contributed by atoms with E-state index in [1.807, 2.05) is 0 Å². The molecule has 0 aliphatic rings. The van der Waals surface area contributed by atoms with Gasteiger partial charge in [-0.15, -0.1) is 0 Å². The van der Waals surface area contributed by atoms with E-state index in [0.717, 1.165) is 17.7 Å². The summed E-state index contributed by atoms with van der Waals surface area (Å²) in [7, 11) is 1.67. The molecule has 0 saturated carbocycles. The van der Waals surface area contributed by atoms with Gasteiger partial charge in [0.1, 0.15) is 5.82 Å². The Kier molecular flexibility index (Phi) is 6.02. The topological polar surface area (TPSA) is 32.3 Å². The standard InChI is InChI=1S/C17H15ClF4N2O/c1-24(9-11-2-4-12(19)5-3-11)10-16(25)23-13-6-7-15(18)14(8-13)17(20,21)22/h2-8H,9-10H2,1H3,(H,23,25). The highest BCUT2D eigenvalue weighted by molar-refractivity contribution is 6.31. The molecule has 2 rings (SSSR count). The molecule has 25 heavy (non-hydrogen) atoms. The molecule has 2 aromatic carbocycles. The van der Waals surface area contributed by atoms with Crippen molar-refractivity contribution >= 4 is 23.2 Å². The first-order valence-corrected chi connectivity index (χ1v) is 7.62. The zero-order chi connectivity index (χ0) is 18.6. The molecule has 1 N–H and O–H groups in total. The summed E-state index contributed by atoms with van der Waals surface area (Å²) >= 11 is 5.54. The van der Waals surface area contributed by atoms with Crippen molar-refractivity contribution in [1.82, 2.24) is 4.90 Å². The molecule has 0 atom stereocenters. The molecular formula is C17H15ClF4N2O. The SMILES string of the molecule is CN(CC(=O)Nc1ccc(Cl)c(C(F)(F)F)c1)Cc1ccc(F)cc1. The highest BCUT2D eigenvalue weighted by Gasteiger charge is 2.33. The van der Waals surface area contributed by atoms with Crippen LogP contribution in [0.3, 0.4) is 0 Å². The Morgan fingerprint density at radius 1 is 1.16 bits per heavy atom. The molecule has 3 nitrogen and oxygen atoms in total. The van der Waals surface area contributed by atoms with Crippen LogP contribution in [0, 0.1) is 5.82 Å². The van der Waals surface area contributed by atoms with E-state index in [-0.39, 0.29) is 18.0 Å². The third kappa shape index (κ3) is 5.72. The Morgan fingerprint density at radius 2 is 1.80 bits per heavy atom. The van der Waals surface area contributed by atoms with Crippen molar-refractivity contribution < 1.29 is 22.4 Å². The van der Waals surface area contributed by atoms with Crippen molar-refractivity contribution in [2.24, 2.45) is 0 Å². The highest BCUT2D eigenvalue weighted by Crippen LogP contribution is 2.36. The number of carbonyl (C=O) groups excluding carboxylic acids is 1. The van der Waals surface area contributed by atoms with Crippen molar-refractivity contribution in [3.8, 4) is 0 Å². The molecule has 8 heteroatoms. The van der Waals surface area contributed by atoms with E-state index in [4.69, 9.17) is 11.6 Å². The van der Waals surface area contributed by atoms with Gasteiger partial charge in [0, 0.05) is 12.2 Å². The third-order valence-corrected chi connectivity index (χ3v) is 3.66. The van der Waals surface area contributed by atoms with Crippen LogP contribution in [0.2, 0.25) is 5.02 Å². The van der Waals surface area contributed by atoms with Crippen LogP contribution in [0.4, 0.5) is 23.2 Å². The van der Waals surface area contributed by atoms with Gasteiger partial charge in [-0.1, -0.05) is 23.7 Å². The Labute approximate surface area is 147 Å². The summed E-state index contributed by atoms with van der Waals surface area (Å²) in [5, 5.41) is 1.98. The monoisotopic (exact) mass is 374 g/mol. The minimum absolute atomic E-state index is 0.0110. The molecule has 0 fully saturated rings. The fraction of sp³-hybridized carbons (Fsp3) is 0.235. The predicted molar refractivity (Wildman–Crippen MR) is 87.8 cm³/mol. The largest absolute Gasteiger partial charge is 0.417 e. The van der Waals surface area contributed by atoms with Crippen LogP contribution in [-0.2, 0) is 17.5 Å². The van der Waals surface area contributed by atoms with E-state index in [1.165, 1.54) is 18.2 Å². The number of anilines is 1. The van der Waals surface area contributed by atoms with E-state index in [1.54, 1.807) is 24.1 Å². The normalized spacial score (nSPS) is 11.6. The van der Waals surface area contributed by atoms with Gasteiger partial charge >= 0.3 is 6.18 Å². The smallest absolute Gasteiger partial charge is 0.325 e. The number of benzene rings is 2. The number of rotatable bonds is 5.